The molecule has 138 valence electrons. The zero-order valence-corrected chi connectivity index (χ0v) is 15.7. The Morgan fingerprint density at radius 2 is 1.89 bits per heavy atom. The van der Waals surface area contributed by atoms with Crippen molar-refractivity contribution in [3.63, 3.8) is 0 Å². The first-order valence-corrected chi connectivity index (χ1v) is 9.15. The third-order valence-electron chi connectivity index (χ3n) is 3.86. The summed E-state index contributed by atoms with van der Waals surface area (Å²) >= 11 is 1.29. The number of hydrogen-bond acceptors (Lipinski definition) is 5. The second-order valence-corrected chi connectivity index (χ2v) is 6.90. The van der Waals surface area contributed by atoms with E-state index in [0.29, 0.717) is 10.8 Å². The number of carboxylic acids is 1. The third kappa shape index (κ3) is 4.53. The summed E-state index contributed by atoms with van der Waals surface area (Å²) in [6.45, 7) is 2.02. The summed E-state index contributed by atoms with van der Waals surface area (Å²) in [6.07, 6.45) is 0. The fraction of sp³-hybridized carbons (Fsp3) is 0.158. The number of hydrogen-bond donors (Lipinski definition) is 2. The molecule has 0 atom stereocenters. The van der Waals surface area contributed by atoms with Crippen molar-refractivity contribution in [2.75, 3.05) is 11.1 Å². The van der Waals surface area contributed by atoms with Gasteiger partial charge in [-0.3, -0.25) is 4.79 Å². The van der Waals surface area contributed by atoms with Gasteiger partial charge in [-0.15, -0.1) is 10.2 Å². The molecule has 0 aliphatic carbocycles. The van der Waals surface area contributed by atoms with Crippen LogP contribution in [0.4, 0.5) is 5.69 Å². The van der Waals surface area contributed by atoms with Crippen LogP contribution in [0.5, 0.6) is 0 Å². The molecular formula is C19H18N4O3S. The Labute approximate surface area is 160 Å². The largest absolute Gasteiger partial charge is 0.478 e. The molecule has 1 aromatic heterocycles. The Morgan fingerprint density at radius 1 is 1.15 bits per heavy atom. The number of anilines is 1. The van der Waals surface area contributed by atoms with E-state index in [1.807, 2.05) is 42.8 Å². The molecule has 27 heavy (non-hydrogen) atoms. The number of carbonyl (C=O) groups excluding carboxylic acids is 1. The lowest BCUT2D eigenvalue weighted by Crippen LogP contribution is -2.14. The van der Waals surface area contributed by atoms with Crippen molar-refractivity contribution in [2.45, 2.75) is 12.1 Å². The average molecular weight is 382 g/mol. The molecule has 0 bridgehead atoms. The van der Waals surface area contributed by atoms with Crippen LogP contribution in [0.25, 0.3) is 11.4 Å². The van der Waals surface area contributed by atoms with Crippen LogP contribution in [-0.4, -0.2) is 37.5 Å². The van der Waals surface area contributed by atoms with Crippen LogP contribution in [-0.2, 0) is 11.8 Å². The van der Waals surface area contributed by atoms with Gasteiger partial charge in [-0.05, 0) is 37.3 Å². The molecule has 2 N–H and O–H groups in total. The maximum Gasteiger partial charge on any atom is 0.335 e. The number of aryl methyl sites for hydroxylation is 1. The molecule has 0 saturated carbocycles. The van der Waals surface area contributed by atoms with Gasteiger partial charge in [0.1, 0.15) is 0 Å². The summed E-state index contributed by atoms with van der Waals surface area (Å²) in [5, 5.41) is 20.6. The highest BCUT2D eigenvalue weighted by Crippen LogP contribution is 2.23. The Kier molecular flexibility index (Phi) is 5.56. The van der Waals surface area contributed by atoms with Crippen LogP contribution in [0, 0.1) is 6.92 Å². The van der Waals surface area contributed by atoms with Gasteiger partial charge in [0.15, 0.2) is 11.0 Å². The number of rotatable bonds is 6. The van der Waals surface area contributed by atoms with Gasteiger partial charge in [0.2, 0.25) is 5.91 Å². The van der Waals surface area contributed by atoms with E-state index in [-0.39, 0.29) is 17.2 Å². The van der Waals surface area contributed by atoms with E-state index in [9.17, 15) is 9.59 Å². The Bertz CT molecular complexity index is 983. The van der Waals surface area contributed by atoms with Gasteiger partial charge >= 0.3 is 5.97 Å². The molecule has 0 aliphatic heterocycles. The van der Waals surface area contributed by atoms with E-state index in [2.05, 4.69) is 15.5 Å². The molecule has 8 heteroatoms. The first kappa shape index (κ1) is 18.7. The van der Waals surface area contributed by atoms with E-state index >= 15 is 0 Å². The Hall–Kier alpha value is -3.13. The van der Waals surface area contributed by atoms with E-state index in [1.165, 1.54) is 23.9 Å². The van der Waals surface area contributed by atoms with E-state index in [4.69, 9.17) is 5.11 Å². The number of aromatic carboxylic acids is 1. The summed E-state index contributed by atoms with van der Waals surface area (Å²) in [5.41, 5.74) is 2.83. The van der Waals surface area contributed by atoms with Crippen molar-refractivity contribution in [1.82, 2.24) is 14.8 Å². The molecule has 0 unspecified atom stereocenters. The minimum atomic E-state index is -1.00. The van der Waals surface area contributed by atoms with Gasteiger partial charge in [-0.1, -0.05) is 35.5 Å². The van der Waals surface area contributed by atoms with Crippen molar-refractivity contribution >= 4 is 29.3 Å². The second kappa shape index (κ2) is 8.05. The second-order valence-electron chi connectivity index (χ2n) is 5.95. The fourth-order valence-corrected chi connectivity index (χ4v) is 3.21. The Morgan fingerprint density at radius 3 is 2.56 bits per heavy atom. The normalized spacial score (nSPS) is 10.6. The minimum Gasteiger partial charge on any atom is -0.478 e. The van der Waals surface area contributed by atoms with Crippen LogP contribution in [0.3, 0.4) is 0 Å². The topological polar surface area (TPSA) is 97.1 Å². The molecule has 0 spiro atoms. The van der Waals surface area contributed by atoms with Gasteiger partial charge in [0, 0.05) is 18.3 Å². The fourth-order valence-electron chi connectivity index (χ4n) is 2.50. The zero-order chi connectivity index (χ0) is 19.4. The smallest absolute Gasteiger partial charge is 0.335 e. The predicted octanol–water partition coefficient (Wildman–Crippen LogP) is 3.22. The summed E-state index contributed by atoms with van der Waals surface area (Å²) in [6, 6.07) is 14.0. The number of amides is 1. The lowest BCUT2D eigenvalue weighted by atomic mass is 10.1. The molecule has 3 rings (SSSR count). The summed E-state index contributed by atoms with van der Waals surface area (Å²) in [5.74, 6) is -0.301. The zero-order valence-electron chi connectivity index (χ0n) is 14.8. The van der Waals surface area contributed by atoms with Crippen molar-refractivity contribution in [3.05, 3.63) is 59.7 Å². The monoisotopic (exact) mass is 382 g/mol. The van der Waals surface area contributed by atoms with Crippen LogP contribution in [0.1, 0.15) is 15.9 Å². The highest BCUT2D eigenvalue weighted by molar-refractivity contribution is 7.99. The highest BCUT2D eigenvalue weighted by Gasteiger charge is 2.13. The first-order chi connectivity index (χ1) is 12.9. The standard InChI is InChI=1S/C19H18N4O3S/c1-12-4-3-5-14(10-12)17-21-22-19(23(17)2)27-11-16(24)20-15-8-6-13(7-9-15)18(25)26/h3-10H,11H2,1-2H3,(H,20,24)(H,25,26). The third-order valence-corrected chi connectivity index (χ3v) is 4.88. The van der Waals surface area contributed by atoms with Gasteiger partial charge in [0.25, 0.3) is 0 Å². The van der Waals surface area contributed by atoms with Gasteiger partial charge in [-0.2, -0.15) is 0 Å². The van der Waals surface area contributed by atoms with Gasteiger partial charge in [0.05, 0.1) is 11.3 Å². The molecule has 0 radical (unpaired) electrons. The molecule has 3 aromatic rings. The van der Waals surface area contributed by atoms with Crippen LogP contribution < -0.4 is 5.32 Å². The predicted molar refractivity (Wildman–Crippen MR) is 104 cm³/mol. The minimum absolute atomic E-state index is 0.167. The van der Waals surface area contributed by atoms with Crippen LogP contribution in [0.2, 0.25) is 0 Å². The van der Waals surface area contributed by atoms with Crippen molar-refractivity contribution in [1.29, 1.82) is 0 Å². The van der Waals surface area contributed by atoms with E-state index in [1.54, 1.807) is 12.1 Å². The SMILES string of the molecule is Cc1cccc(-c2nnc(SCC(=O)Nc3ccc(C(=O)O)cc3)n2C)c1. The lowest BCUT2D eigenvalue weighted by Gasteiger charge is -2.06. The van der Waals surface area contributed by atoms with Crippen molar-refractivity contribution in [3.8, 4) is 11.4 Å². The van der Waals surface area contributed by atoms with Gasteiger partial charge in [-0.25, -0.2) is 4.79 Å². The number of carbonyl (C=O) groups is 2. The molecule has 0 saturated heterocycles. The molecule has 0 fully saturated rings. The average Bonchev–Trinajstić information content (AvgIpc) is 3.01. The number of carboxylic acid groups (broad SMARTS) is 1. The van der Waals surface area contributed by atoms with Crippen molar-refractivity contribution < 1.29 is 14.7 Å². The van der Waals surface area contributed by atoms with Crippen LogP contribution in [0.15, 0.2) is 53.7 Å². The Balaban J connectivity index is 1.61. The first-order valence-electron chi connectivity index (χ1n) is 8.16. The summed E-state index contributed by atoms with van der Waals surface area (Å²) < 4.78 is 1.86. The number of nitrogens with zero attached hydrogens (tertiary/aromatic N) is 3. The lowest BCUT2D eigenvalue weighted by molar-refractivity contribution is -0.113. The quantitative estimate of drug-likeness (QED) is 0.636. The van der Waals surface area contributed by atoms with E-state index in [0.717, 1.165) is 17.0 Å². The van der Waals surface area contributed by atoms with Crippen molar-refractivity contribution in [2.24, 2.45) is 7.05 Å². The molecule has 2 aromatic carbocycles. The van der Waals surface area contributed by atoms with E-state index < -0.39 is 5.97 Å². The van der Waals surface area contributed by atoms with Crippen LogP contribution >= 0.6 is 11.8 Å². The summed E-state index contributed by atoms with van der Waals surface area (Å²) in [7, 11) is 1.86. The molecular weight excluding hydrogens is 364 g/mol. The number of benzene rings is 2. The molecule has 1 heterocycles. The number of nitrogens with one attached hydrogen (secondary N) is 1. The molecule has 0 aliphatic rings. The van der Waals surface area contributed by atoms with Gasteiger partial charge < -0.3 is 15.0 Å². The molecule has 7 nitrogen and oxygen atoms in total. The number of thioether (sulfide) groups is 1. The summed E-state index contributed by atoms with van der Waals surface area (Å²) in [4.78, 5) is 23.0. The molecule has 1 amide bonds. The maximum atomic E-state index is 12.1. The highest BCUT2D eigenvalue weighted by atomic mass is 32.2. The number of aromatic nitrogens is 3. The maximum absolute atomic E-state index is 12.1.